The lowest BCUT2D eigenvalue weighted by molar-refractivity contribution is 0.277. The lowest BCUT2D eigenvalue weighted by atomic mass is 9.95. The first-order chi connectivity index (χ1) is 11.3. The smallest absolute Gasteiger partial charge is 0.185 e. The number of aliphatic hydroxyl groups is 1. The Morgan fingerprint density at radius 2 is 2.22 bits per heavy atom. The number of rotatable bonds is 4. The van der Waals surface area contributed by atoms with Crippen LogP contribution in [0.25, 0.3) is 11.0 Å². The normalized spacial score (nSPS) is 18.7. The Hall–Kier alpha value is -1.92. The minimum Gasteiger partial charge on any atom is -0.390 e. The summed E-state index contributed by atoms with van der Waals surface area (Å²) in [5.41, 5.74) is 2.93. The van der Waals surface area contributed by atoms with E-state index in [9.17, 15) is 5.11 Å². The van der Waals surface area contributed by atoms with E-state index in [1.807, 2.05) is 17.5 Å². The molecule has 0 spiro atoms. The van der Waals surface area contributed by atoms with Gasteiger partial charge in [0.15, 0.2) is 5.13 Å². The van der Waals surface area contributed by atoms with E-state index in [0.717, 1.165) is 47.2 Å². The predicted molar refractivity (Wildman–Crippen MR) is 92.8 cm³/mol. The molecule has 120 valence electrons. The number of nitrogens with zero attached hydrogens (tertiary/aromatic N) is 3. The van der Waals surface area contributed by atoms with Gasteiger partial charge in [-0.05, 0) is 30.9 Å². The molecule has 1 saturated heterocycles. The van der Waals surface area contributed by atoms with Crippen molar-refractivity contribution in [2.75, 3.05) is 18.0 Å². The van der Waals surface area contributed by atoms with Gasteiger partial charge in [0.25, 0.3) is 0 Å². The number of thiazole rings is 1. The molecule has 5 nitrogen and oxygen atoms in total. The zero-order valence-electron chi connectivity index (χ0n) is 12.9. The van der Waals surface area contributed by atoms with Gasteiger partial charge >= 0.3 is 0 Å². The van der Waals surface area contributed by atoms with E-state index >= 15 is 0 Å². The van der Waals surface area contributed by atoms with Gasteiger partial charge in [-0.3, -0.25) is 0 Å². The first-order valence-electron chi connectivity index (χ1n) is 8.05. The molecule has 4 rings (SSSR count). The molecule has 0 radical (unpaired) electrons. The molecule has 2 N–H and O–H groups in total. The highest BCUT2D eigenvalue weighted by Gasteiger charge is 2.23. The number of benzene rings is 1. The first-order valence-corrected chi connectivity index (χ1v) is 8.93. The third kappa shape index (κ3) is 3.09. The fraction of sp³-hybridized carbons (Fsp3) is 0.412. The Bertz CT molecular complexity index is 764. The summed E-state index contributed by atoms with van der Waals surface area (Å²) in [6.45, 7) is 2.08. The highest BCUT2D eigenvalue weighted by molar-refractivity contribution is 7.13. The fourth-order valence-electron chi connectivity index (χ4n) is 3.30. The average molecular weight is 328 g/mol. The number of aromatic amines is 1. The second kappa shape index (κ2) is 6.29. The number of imidazole rings is 1. The van der Waals surface area contributed by atoms with Crippen LogP contribution < -0.4 is 4.90 Å². The van der Waals surface area contributed by atoms with Crippen molar-refractivity contribution in [1.29, 1.82) is 0 Å². The van der Waals surface area contributed by atoms with Crippen molar-refractivity contribution in [2.24, 2.45) is 5.92 Å². The van der Waals surface area contributed by atoms with Crippen LogP contribution in [0.2, 0.25) is 0 Å². The number of hydrogen-bond acceptors (Lipinski definition) is 5. The van der Waals surface area contributed by atoms with Crippen LogP contribution in [0.3, 0.4) is 0 Å². The largest absolute Gasteiger partial charge is 0.390 e. The van der Waals surface area contributed by atoms with E-state index in [1.54, 1.807) is 11.3 Å². The number of fused-ring (bicyclic) bond motifs is 1. The van der Waals surface area contributed by atoms with Crippen molar-refractivity contribution in [1.82, 2.24) is 15.0 Å². The molecule has 0 amide bonds. The number of hydrogen-bond donors (Lipinski definition) is 2. The van der Waals surface area contributed by atoms with Gasteiger partial charge < -0.3 is 15.0 Å². The molecule has 1 aromatic carbocycles. The second-order valence-electron chi connectivity index (χ2n) is 6.14. The number of para-hydroxylation sites is 2. The minimum atomic E-state index is 0.0206. The summed E-state index contributed by atoms with van der Waals surface area (Å²) < 4.78 is 0. The molecular weight excluding hydrogens is 308 g/mol. The minimum absolute atomic E-state index is 0.0206. The van der Waals surface area contributed by atoms with Crippen molar-refractivity contribution >= 4 is 27.5 Å². The SMILES string of the molecule is OCc1csc(N2CCC[C@@H](Cc3nc4ccccc4[nH]3)C2)n1. The maximum Gasteiger partial charge on any atom is 0.185 e. The molecule has 3 aromatic rings. The Labute approximate surface area is 139 Å². The van der Waals surface area contributed by atoms with Crippen LogP contribution in [0.1, 0.15) is 24.4 Å². The van der Waals surface area contributed by atoms with Crippen molar-refractivity contribution in [3.8, 4) is 0 Å². The van der Waals surface area contributed by atoms with Crippen LogP contribution in [0.4, 0.5) is 5.13 Å². The molecular formula is C17H20N4OS. The van der Waals surface area contributed by atoms with Crippen LogP contribution in [0.15, 0.2) is 29.6 Å². The average Bonchev–Trinajstić information content (AvgIpc) is 3.21. The number of aromatic nitrogens is 3. The zero-order valence-corrected chi connectivity index (χ0v) is 13.7. The van der Waals surface area contributed by atoms with Crippen LogP contribution in [-0.4, -0.2) is 33.1 Å². The zero-order chi connectivity index (χ0) is 15.6. The lowest BCUT2D eigenvalue weighted by Crippen LogP contribution is -2.36. The van der Waals surface area contributed by atoms with E-state index < -0.39 is 0 Å². The Morgan fingerprint density at radius 1 is 1.30 bits per heavy atom. The van der Waals surface area contributed by atoms with Gasteiger partial charge in [-0.1, -0.05) is 12.1 Å². The van der Waals surface area contributed by atoms with E-state index in [2.05, 4.69) is 27.0 Å². The summed E-state index contributed by atoms with van der Waals surface area (Å²) >= 11 is 1.62. The quantitative estimate of drug-likeness (QED) is 0.773. The molecule has 0 unspecified atom stereocenters. The Balaban J connectivity index is 1.46. The highest BCUT2D eigenvalue weighted by Crippen LogP contribution is 2.28. The van der Waals surface area contributed by atoms with Crippen LogP contribution in [0.5, 0.6) is 0 Å². The van der Waals surface area contributed by atoms with Crippen molar-refractivity contribution in [3.05, 3.63) is 41.2 Å². The highest BCUT2D eigenvalue weighted by atomic mass is 32.1. The molecule has 23 heavy (non-hydrogen) atoms. The number of nitrogens with one attached hydrogen (secondary N) is 1. The van der Waals surface area contributed by atoms with E-state index in [-0.39, 0.29) is 6.61 Å². The van der Waals surface area contributed by atoms with Crippen LogP contribution >= 0.6 is 11.3 Å². The molecule has 1 atom stereocenters. The summed E-state index contributed by atoms with van der Waals surface area (Å²) in [5, 5.41) is 12.2. The van der Waals surface area contributed by atoms with Gasteiger partial charge in [0.05, 0.1) is 23.3 Å². The molecule has 0 saturated carbocycles. The van der Waals surface area contributed by atoms with E-state index in [0.29, 0.717) is 5.92 Å². The number of aliphatic hydroxyl groups excluding tert-OH is 1. The third-order valence-electron chi connectivity index (χ3n) is 4.41. The van der Waals surface area contributed by atoms with Crippen molar-refractivity contribution in [2.45, 2.75) is 25.9 Å². The van der Waals surface area contributed by atoms with Gasteiger partial charge in [-0.2, -0.15) is 0 Å². The lowest BCUT2D eigenvalue weighted by Gasteiger charge is -2.32. The summed E-state index contributed by atoms with van der Waals surface area (Å²) in [5.74, 6) is 1.67. The topological polar surface area (TPSA) is 65.0 Å². The second-order valence-corrected chi connectivity index (χ2v) is 6.98. The molecule has 2 aromatic heterocycles. The Morgan fingerprint density at radius 3 is 3.04 bits per heavy atom. The molecule has 3 heterocycles. The maximum atomic E-state index is 9.18. The monoisotopic (exact) mass is 328 g/mol. The molecule has 0 bridgehead atoms. The molecule has 1 aliphatic heterocycles. The molecule has 6 heteroatoms. The summed E-state index contributed by atoms with van der Waals surface area (Å²) in [7, 11) is 0. The number of piperidine rings is 1. The third-order valence-corrected chi connectivity index (χ3v) is 5.36. The van der Waals surface area contributed by atoms with Gasteiger partial charge in [0.1, 0.15) is 5.82 Å². The van der Waals surface area contributed by atoms with Gasteiger partial charge in [0, 0.05) is 24.9 Å². The standard InChI is InChI=1S/C17H20N4OS/c22-10-13-11-23-17(18-13)21-7-3-4-12(9-21)8-16-19-14-5-1-2-6-15(14)20-16/h1-2,5-6,11-12,22H,3-4,7-10H2,(H,19,20)/t12-/m0/s1. The number of H-pyrrole nitrogens is 1. The summed E-state index contributed by atoms with van der Waals surface area (Å²) in [6, 6.07) is 8.18. The van der Waals surface area contributed by atoms with Gasteiger partial charge in [-0.15, -0.1) is 11.3 Å². The number of anilines is 1. The predicted octanol–water partition coefficient (Wildman–Crippen LogP) is 2.97. The molecule has 0 aliphatic carbocycles. The van der Waals surface area contributed by atoms with Crippen LogP contribution in [0, 0.1) is 5.92 Å². The van der Waals surface area contributed by atoms with Crippen LogP contribution in [-0.2, 0) is 13.0 Å². The van der Waals surface area contributed by atoms with E-state index in [1.165, 1.54) is 12.8 Å². The molecule has 1 aliphatic rings. The Kier molecular flexibility index (Phi) is 4.01. The summed E-state index contributed by atoms with van der Waals surface area (Å²) in [4.78, 5) is 15.0. The fourth-order valence-corrected chi connectivity index (χ4v) is 4.15. The van der Waals surface area contributed by atoms with Gasteiger partial charge in [0.2, 0.25) is 0 Å². The first kappa shape index (κ1) is 14.7. The van der Waals surface area contributed by atoms with Gasteiger partial charge in [-0.25, -0.2) is 9.97 Å². The molecule has 1 fully saturated rings. The summed E-state index contributed by atoms with van der Waals surface area (Å²) in [6.07, 6.45) is 3.38. The van der Waals surface area contributed by atoms with E-state index in [4.69, 9.17) is 4.98 Å². The van der Waals surface area contributed by atoms with Crippen molar-refractivity contribution in [3.63, 3.8) is 0 Å². The maximum absolute atomic E-state index is 9.18. The van der Waals surface area contributed by atoms with Crippen molar-refractivity contribution < 1.29 is 5.11 Å².